The van der Waals surface area contributed by atoms with Crippen LogP contribution in [0.2, 0.25) is 0 Å². The molecule has 0 aliphatic carbocycles. The normalized spacial score (nSPS) is 12.9. The molecule has 0 atom stereocenters. The summed E-state index contributed by atoms with van der Waals surface area (Å²) < 4.78 is 0. The van der Waals surface area contributed by atoms with E-state index in [-0.39, 0.29) is 5.91 Å². The molecule has 1 heterocycles. The summed E-state index contributed by atoms with van der Waals surface area (Å²) in [6.07, 6.45) is 3.91. The van der Waals surface area contributed by atoms with Gasteiger partial charge in [-0.2, -0.15) is 0 Å². The topological polar surface area (TPSA) is 92.8 Å². The zero-order valence-corrected chi connectivity index (χ0v) is 15.8. The van der Waals surface area contributed by atoms with Crippen LogP contribution in [0.15, 0.2) is 53.1 Å². The number of rotatable bonds is 8. The zero-order valence-electron chi connectivity index (χ0n) is 15.8. The Morgan fingerprint density at radius 3 is 2.69 bits per heavy atom. The van der Waals surface area contributed by atoms with Gasteiger partial charge in [0, 0.05) is 31.5 Å². The Kier molecular flexibility index (Phi) is 6.60. The molecule has 2 aromatic rings. The molecule has 0 saturated heterocycles. The quantitative estimate of drug-likeness (QED) is 0.373. The van der Waals surface area contributed by atoms with E-state index in [2.05, 4.69) is 39.1 Å². The molecule has 1 amide bonds. The van der Waals surface area contributed by atoms with Gasteiger partial charge in [0.05, 0.1) is 0 Å². The van der Waals surface area contributed by atoms with E-state index in [9.17, 15) is 4.79 Å². The molecule has 2 rings (SSSR count). The number of carbonyl (C=O) groups is 1. The minimum atomic E-state index is -0.259. The van der Waals surface area contributed by atoms with Crippen LogP contribution >= 0.6 is 0 Å². The smallest absolute Gasteiger partial charge is 0.273 e. The van der Waals surface area contributed by atoms with E-state index >= 15 is 0 Å². The molecule has 0 aliphatic heterocycles. The first kappa shape index (κ1) is 19.3. The summed E-state index contributed by atoms with van der Waals surface area (Å²) >= 11 is 0. The molecule has 6 heteroatoms. The van der Waals surface area contributed by atoms with Crippen molar-refractivity contribution in [2.75, 3.05) is 7.05 Å². The highest BCUT2D eigenvalue weighted by atomic mass is 16.2. The van der Waals surface area contributed by atoms with Crippen LogP contribution in [0, 0.1) is 5.41 Å². The molecule has 0 bridgehead atoms. The summed E-state index contributed by atoms with van der Waals surface area (Å²) in [6, 6.07) is 8.28. The highest BCUT2D eigenvalue weighted by Gasteiger charge is 2.13. The maximum Gasteiger partial charge on any atom is 0.273 e. The third-order valence-electron chi connectivity index (χ3n) is 4.37. The SMILES string of the molecule is CC/C(C)=C(/NCc1ccc2[nH]ccc2c1)NC(=O)/C(NC)=C(\C)C=N. The van der Waals surface area contributed by atoms with Crippen molar-refractivity contribution in [3.8, 4) is 0 Å². The minimum absolute atomic E-state index is 0.259. The fraction of sp³-hybridized carbons (Fsp3) is 0.300. The Balaban J connectivity index is 2.15. The Bertz CT molecular complexity index is 860. The summed E-state index contributed by atoms with van der Waals surface area (Å²) in [4.78, 5) is 15.7. The van der Waals surface area contributed by atoms with Gasteiger partial charge in [0.1, 0.15) is 11.5 Å². The predicted octanol–water partition coefficient (Wildman–Crippen LogP) is 3.16. The zero-order chi connectivity index (χ0) is 19.1. The fourth-order valence-corrected chi connectivity index (χ4v) is 2.62. The molecule has 0 saturated carbocycles. The number of aromatic amines is 1. The Morgan fingerprint density at radius 1 is 1.27 bits per heavy atom. The van der Waals surface area contributed by atoms with Gasteiger partial charge in [-0.25, -0.2) is 0 Å². The maximum absolute atomic E-state index is 12.5. The second kappa shape index (κ2) is 8.89. The molecule has 1 aromatic heterocycles. The van der Waals surface area contributed by atoms with Crippen molar-refractivity contribution in [2.24, 2.45) is 0 Å². The van der Waals surface area contributed by atoms with E-state index in [4.69, 9.17) is 5.41 Å². The summed E-state index contributed by atoms with van der Waals surface area (Å²) in [6.45, 7) is 6.38. The van der Waals surface area contributed by atoms with E-state index in [0.29, 0.717) is 23.6 Å². The van der Waals surface area contributed by atoms with Gasteiger partial charge in [-0.3, -0.25) is 4.79 Å². The maximum atomic E-state index is 12.5. The Hall–Kier alpha value is -3.02. The minimum Gasteiger partial charge on any atom is -0.383 e. The van der Waals surface area contributed by atoms with Gasteiger partial charge in [0.15, 0.2) is 0 Å². The lowest BCUT2D eigenvalue weighted by atomic mass is 10.1. The van der Waals surface area contributed by atoms with Crippen molar-refractivity contribution in [3.05, 3.63) is 58.7 Å². The van der Waals surface area contributed by atoms with Crippen molar-refractivity contribution >= 4 is 23.0 Å². The van der Waals surface area contributed by atoms with E-state index in [1.54, 1.807) is 14.0 Å². The number of allylic oxidation sites excluding steroid dienone is 2. The second-order valence-electron chi connectivity index (χ2n) is 6.17. The van der Waals surface area contributed by atoms with Crippen LogP contribution in [-0.4, -0.2) is 24.2 Å². The summed E-state index contributed by atoms with van der Waals surface area (Å²) in [7, 11) is 1.68. The van der Waals surface area contributed by atoms with Gasteiger partial charge >= 0.3 is 0 Å². The van der Waals surface area contributed by atoms with Crippen LogP contribution in [-0.2, 0) is 11.3 Å². The Labute approximate surface area is 154 Å². The number of aromatic nitrogens is 1. The van der Waals surface area contributed by atoms with E-state index in [1.807, 2.05) is 26.1 Å². The average molecular weight is 353 g/mol. The standard InChI is InChI=1S/C20H27N5O/c1-5-13(2)19(25-20(26)18(22-4)14(3)11-21)24-12-15-6-7-17-16(10-15)8-9-23-17/h6-11,21-24H,5,12H2,1-4H3,(H,25,26)/b18-14-,19-13-,21-11?. The van der Waals surface area contributed by atoms with Crippen LogP contribution < -0.4 is 16.0 Å². The monoisotopic (exact) mass is 353 g/mol. The van der Waals surface area contributed by atoms with Crippen LogP contribution in [0.5, 0.6) is 0 Å². The lowest BCUT2D eigenvalue weighted by Gasteiger charge is -2.17. The number of fused-ring (bicyclic) bond motifs is 1. The van der Waals surface area contributed by atoms with Crippen LogP contribution in [0.25, 0.3) is 10.9 Å². The molecule has 0 aliphatic rings. The molecule has 0 spiro atoms. The van der Waals surface area contributed by atoms with E-state index in [1.165, 1.54) is 6.21 Å². The fourth-order valence-electron chi connectivity index (χ4n) is 2.62. The largest absolute Gasteiger partial charge is 0.383 e. The van der Waals surface area contributed by atoms with Gasteiger partial charge in [-0.05, 0) is 60.6 Å². The number of amides is 1. The molecule has 0 radical (unpaired) electrons. The second-order valence-corrected chi connectivity index (χ2v) is 6.17. The van der Waals surface area contributed by atoms with Crippen molar-refractivity contribution in [3.63, 3.8) is 0 Å². The lowest BCUT2D eigenvalue weighted by Crippen LogP contribution is -2.36. The number of benzene rings is 1. The van der Waals surface area contributed by atoms with Crippen LogP contribution in [0.4, 0.5) is 0 Å². The molecule has 5 N–H and O–H groups in total. The van der Waals surface area contributed by atoms with Crippen LogP contribution in [0.3, 0.4) is 0 Å². The van der Waals surface area contributed by atoms with E-state index in [0.717, 1.165) is 28.5 Å². The van der Waals surface area contributed by atoms with Gasteiger partial charge in [-0.1, -0.05) is 13.0 Å². The molecule has 0 fully saturated rings. The predicted molar refractivity (Wildman–Crippen MR) is 107 cm³/mol. The molecule has 1 aromatic carbocycles. The number of likely N-dealkylation sites (N-methyl/N-ethyl adjacent to an activating group) is 1. The number of carbonyl (C=O) groups excluding carboxylic acids is 1. The number of hydrogen-bond donors (Lipinski definition) is 5. The van der Waals surface area contributed by atoms with Crippen molar-refractivity contribution in [2.45, 2.75) is 33.7 Å². The molecular weight excluding hydrogens is 326 g/mol. The van der Waals surface area contributed by atoms with Gasteiger partial charge < -0.3 is 26.3 Å². The Morgan fingerprint density at radius 2 is 2.04 bits per heavy atom. The molecule has 6 nitrogen and oxygen atoms in total. The van der Waals surface area contributed by atoms with Gasteiger partial charge in [0.2, 0.25) is 0 Å². The highest BCUT2D eigenvalue weighted by molar-refractivity contribution is 5.99. The summed E-state index contributed by atoms with van der Waals surface area (Å²) in [5.41, 5.74) is 4.26. The van der Waals surface area contributed by atoms with Gasteiger partial charge in [0.25, 0.3) is 5.91 Å². The lowest BCUT2D eigenvalue weighted by molar-refractivity contribution is -0.117. The van der Waals surface area contributed by atoms with Crippen molar-refractivity contribution in [1.82, 2.24) is 20.9 Å². The first-order valence-corrected chi connectivity index (χ1v) is 8.70. The van der Waals surface area contributed by atoms with E-state index < -0.39 is 0 Å². The first-order valence-electron chi connectivity index (χ1n) is 8.70. The van der Waals surface area contributed by atoms with Gasteiger partial charge in [-0.15, -0.1) is 0 Å². The molecule has 26 heavy (non-hydrogen) atoms. The van der Waals surface area contributed by atoms with Crippen molar-refractivity contribution in [1.29, 1.82) is 5.41 Å². The third-order valence-corrected chi connectivity index (χ3v) is 4.37. The van der Waals surface area contributed by atoms with Crippen LogP contribution in [0.1, 0.15) is 32.8 Å². The average Bonchev–Trinajstić information content (AvgIpc) is 3.12. The molecule has 0 unspecified atom stereocenters. The highest BCUT2D eigenvalue weighted by Crippen LogP contribution is 2.15. The first-order chi connectivity index (χ1) is 12.5. The number of H-pyrrole nitrogens is 1. The summed E-state index contributed by atoms with van der Waals surface area (Å²) in [5.74, 6) is 0.446. The number of hydrogen-bond acceptors (Lipinski definition) is 4. The number of nitrogens with one attached hydrogen (secondary N) is 5. The summed E-state index contributed by atoms with van der Waals surface area (Å²) in [5, 5.41) is 17.7. The molecular formula is C20H27N5O. The van der Waals surface area contributed by atoms with Crippen molar-refractivity contribution < 1.29 is 4.79 Å². The molecule has 138 valence electrons. The third kappa shape index (κ3) is 4.53.